The Morgan fingerprint density at radius 2 is 1.93 bits per heavy atom. The molecule has 0 aromatic carbocycles. The van der Waals surface area contributed by atoms with Gasteiger partial charge < -0.3 is 10.4 Å². The van der Waals surface area contributed by atoms with Crippen LogP contribution in [-0.4, -0.2) is 27.5 Å². The summed E-state index contributed by atoms with van der Waals surface area (Å²) in [6.07, 6.45) is 2.14. The van der Waals surface area contributed by atoms with E-state index in [-0.39, 0.29) is 6.61 Å². The number of hydrogen-bond acceptors (Lipinski definition) is 2. The Labute approximate surface area is 101 Å². The molecule has 0 aromatic heterocycles. The van der Waals surface area contributed by atoms with E-state index in [2.05, 4.69) is 5.32 Å². The van der Waals surface area contributed by atoms with Crippen LogP contribution in [0.4, 0.5) is 0 Å². The van der Waals surface area contributed by atoms with E-state index in [0.29, 0.717) is 6.42 Å². The van der Waals surface area contributed by atoms with Gasteiger partial charge in [-0.1, -0.05) is 43.0 Å². The molecule has 0 spiro atoms. The first-order valence-corrected chi connectivity index (χ1v) is 5.82. The van der Waals surface area contributed by atoms with Gasteiger partial charge >= 0.3 is 0 Å². The first-order valence-electron chi connectivity index (χ1n) is 5.06. The molecule has 0 saturated heterocycles. The number of nitrogens with one attached hydrogen (secondary N) is 1. The maximum atomic E-state index is 11.7. The zero-order valence-electron chi connectivity index (χ0n) is 9.44. The topological polar surface area (TPSA) is 49.3 Å². The lowest BCUT2D eigenvalue weighted by atomic mass is 10.1. The van der Waals surface area contributed by atoms with Crippen LogP contribution in [0.15, 0.2) is 0 Å². The molecule has 0 bridgehead atoms. The van der Waals surface area contributed by atoms with Gasteiger partial charge in [0.15, 0.2) is 4.33 Å². The molecule has 0 fully saturated rings. The quantitative estimate of drug-likeness (QED) is 0.716. The Hall–Kier alpha value is 0.01000. The van der Waals surface area contributed by atoms with Crippen molar-refractivity contribution in [3.05, 3.63) is 0 Å². The number of carbonyl (C=O) groups is 1. The molecule has 2 N–H and O–H groups in total. The SMILES string of the molecule is CCCCC(Cl)(Cl)C(=O)NC(C)(C)CO. The monoisotopic (exact) mass is 255 g/mol. The van der Waals surface area contributed by atoms with Gasteiger partial charge in [0.25, 0.3) is 5.91 Å². The average Bonchev–Trinajstić information content (AvgIpc) is 2.14. The van der Waals surface area contributed by atoms with Crippen molar-refractivity contribution in [3.63, 3.8) is 0 Å². The van der Waals surface area contributed by atoms with E-state index in [1.807, 2.05) is 6.92 Å². The second-order valence-corrected chi connectivity index (χ2v) is 5.79. The predicted octanol–water partition coefficient (Wildman–Crippen LogP) is 2.24. The highest BCUT2D eigenvalue weighted by Gasteiger charge is 2.35. The van der Waals surface area contributed by atoms with Crippen LogP contribution in [0.2, 0.25) is 0 Å². The van der Waals surface area contributed by atoms with Crippen molar-refractivity contribution in [2.75, 3.05) is 6.61 Å². The lowest BCUT2D eigenvalue weighted by molar-refractivity contribution is -0.124. The smallest absolute Gasteiger partial charge is 0.256 e. The molecule has 5 heteroatoms. The van der Waals surface area contributed by atoms with E-state index in [1.54, 1.807) is 13.8 Å². The van der Waals surface area contributed by atoms with Crippen molar-refractivity contribution in [2.45, 2.75) is 49.9 Å². The Bertz CT molecular complexity index is 217. The summed E-state index contributed by atoms with van der Waals surface area (Å²) in [6, 6.07) is 0. The maximum Gasteiger partial charge on any atom is 0.256 e. The minimum absolute atomic E-state index is 0.156. The number of halogens is 2. The highest BCUT2D eigenvalue weighted by Crippen LogP contribution is 2.28. The van der Waals surface area contributed by atoms with E-state index < -0.39 is 15.8 Å². The van der Waals surface area contributed by atoms with Crippen LogP contribution < -0.4 is 5.32 Å². The molecule has 0 aromatic rings. The fraction of sp³-hybridized carbons (Fsp3) is 0.900. The summed E-state index contributed by atoms with van der Waals surface area (Å²) >= 11 is 11.8. The molecule has 0 unspecified atom stereocenters. The Balaban J connectivity index is 4.30. The fourth-order valence-electron chi connectivity index (χ4n) is 0.951. The van der Waals surface area contributed by atoms with Crippen molar-refractivity contribution in [3.8, 4) is 0 Å². The molecule has 0 aliphatic heterocycles. The third-order valence-electron chi connectivity index (χ3n) is 2.02. The number of hydrogen-bond donors (Lipinski definition) is 2. The predicted molar refractivity (Wildman–Crippen MR) is 63.3 cm³/mol. The Kier molecular flexibility index (Phi) is 5.93. The molecule has 0 radical (unpaired) electrons. The molecular formula is C10H19Cl2NO2. The molecule has 15 heavy (non-hydrogen) atoms. The summed E-state index contributed by atoms with van der Waals surface area (Å²) in [5, 5.41) is 11.6. The number of unbranched alkanes of at least 4 members (excludes halogenated alkanes) is 1. The van der Waals surface area contributed by atoms with E-state index in [4.69, 9.17) is 28.3 Å². The van der Waals surface area contributed by atoms with Gasteiger partial charge in [-0.3, -0.25) is 4.79 Å². The van der Waals surface area contributed by atoms with Crippen molar-refractivity contribution >= 4 is 29.1 Å². The zero-order valence-corrected chi connectivity index (χ0v) is 11.0. The van der Waals surface area contributed by atoms with Crippen molar-refractivity contribution in [2.24, 2.45) is 0 Å². The summed E-state index contributed by atoms with van der Waals surface area (Å²) in [5.74, 6) is -0.446. The summed E-state index contributed by atoms with van der Waals surface area (Å²) in [7, 11) is 0. The number of alkyl halides is 2. The Morgan fingerprint density at radius 1 is 1.40 bits per heavy atom. The van der Waals surface area contributed by atoms with Gasteiger partial charge in [0, 0.05) is 0 Å². The van der Waals surface area contributed by atoms with Gasteiger partial charge in [-0.15, -0.1) is 0 Å². The molecule has 0 saturated carbocycles. The van der Waals surface area contributed by atoms with E-state index in [0.717, 1.165) is 12.8 Å². The number of aliphatic hydroxyl groups excluding tert-OH is 1. The van der Waals surface area contributed by atoms with Crippen molar-refractivity contribution in [1.82, 2.24) is 5.32 Å². The third-order valence-corrected chi connectivity index (χ3v) is 2.74. The molecule has 90 valence electrons. The van der Waals surface area contributed by atoms with Gasteiger partial charge in [-0.25, -0.2) is 0 Å². The number of rotatable bonds is 6. The molecule has 0 heterocycles. The van der Waals surface area contributed by atoms with Crippen LogP contribution in [-0.2, 0) is 4.79 Å². The number of aliphatic hydroxyl groups is 1. The third kappa shape index (κ3) is 5.59. The summed E-state index contributed by atoms with van der Waals surface area (Å²) in [6.45, 7) is 5.25. The first-order chi connectivity index (χ1) is 6.75. The Morgan fingerprint density at radius 3 is 2.33 bits per heavy atom. The van der Waals surface area contributed by atoms with Gasteiger partial charge in [-0.2, -0.15) is 0 Å². The van der Waals surface area contributed by atoms with Crippen molar-refractivity contribution in [1.29, 1.82) is 0 Å². The van der Waals surface area contributed by atoms with Crippen LogP contribution in [0.25, 0.3) is 0 Å². The second-order valence-electron chi connectivity index (χ2n) is 4.30. The van der Waals surface area contributed by atoms with Crippen LogP contribution in [0.3, 0.4) is 0 Å². The van der Waals surface area contributed by atoms with Gasteiger partial charge in [0.1, 0.15) is 0 Å². The largest absolute Gasteiger partial charge is 0.394 e. The summed E-state index contributed by atoms with van der Waals surface area (Å²) < 4.78 is -1.40. The minimum atomic E-state index is -1.40. The first kappa shape index (κ1) is 15.0. The van der Waals surface area contributed by atoms with Crippen LogP contribution in [0.1, 0.15) is 40.0 Å². The van der Waals surface area contributed by atoms with Gasteiger partial charge in [0.2, 0.25) is 0 Å². The number of carbonyl (C=O) groups excluding carboxylic acids is 1. The van der Waals surface area contributed by atoms with E-state index in [1.165, 1.54) is 0 Å². The lowest BCUT2D eigenvalue weighted by Gasteiger charge is -2.28. The van der Waals surface area contributed by atoms with Crippen LogP contribution in [0, 0.1) is 0 Å². The normalized spacial score (nSPS) is 12.7. The molecular weight excluding hydrogens is 237 g/mol. The molecule has 0 rings (SSSR count). The van der Waals surface area contributed by atoms with Crippen LogP contribution in [0.5, 0.6) is 0 Å². The zero-order chi connectivity index (χ0) is 12.1. The minimum Gasteiger partial charge on any atom is -0.394 e. The van der Waals surface area contributed by atoms with Gasteiger partial charge in [-0.05, 0) is 20.3 Å². The van der Waals surface area contributed by atoms with Gasteiger partial charge in [0.05, 0.1) is 12.1 Å². The van der Waals surface area contributed by atoms with E-state index >= 15 is 0 Å². The second kappa shape index (κ2) is 5.92. The summed E-state index contributed by atoms with van der Waals surface area (Å²) in [5.41, 5.74) is -0.696. The molecule has 0 aliphatic rings. The fourth-order valence-corrected chi connectivity index (χ4v) is 1.31. The molecule has 1 amide bonds. The van der Waals surface area contributed by atoms with Crippen molar-refractivity contribution < 1.29 is 9.90 Å². The van der Waals surface area contributed by atoms with E-state index in [9.17, 15) is 4.79 Å². The lowest BCUT2D eigenvalue weighted by Crippen LogP contribution is -2.51. The molecule has 0 aliphatic carbocycles. The standard InChI is InChI=1S/C10H19Cl2NO2/c1-4-5-6-10(11,12)8(15)13-9(2,3)7-14/h14H,4-7H2,1-3H3,(H,13,15). The molecule has 0 atom stereocenters. The molecule has 3 nitrogen and oxygen atoms in total. The average molecular weight is 256 g/mol. The highest BCUT2D eigenvalue weighted by molar-refractivity contribution is 6.58. The summed E-state index contributed by atoms with van der Waals surface area (Å²) in [4.78, 5) is 11.7. The van der Waals surface area contributed by atoms with Crippen LogP contribution >= 0.6 is 23.2 Å². The number of amides is 1. The maximum absolute atomic E-state index is 11.7. The highest BCUT2D eigenvalue weighted by atomic mass is 35.5.